The van der Waals surface area contributed by atoms with E-state index in [1.54, 1.807) is 0 Å². The first-order valence-electron chi connectivity index (χ1n) is 12.2. The van der Waals surface area contributed by atoms with Gasteiger partial charge in [0.2, 0.25) is 0 Å². The number of aromatic hydroxyl groups is 2. The molecular formula is C28H37NO7. The van der Waals surface area contributed by atoms with Crippen LogP contribution in [-0.4, -0.2) is 49.2 Å². The Kier molecular flexibility index (Phi) is 10.3. The molecule has 8 heteroatoms. The Bertz CT molecular complexity index is 1090. The third kappa shape index (κ3) is 7.73. The average Bonchev–Trinajstić information content (AvgIpc) is 3.09. The first kappa shape index (κ1) is 28.7. The molecule has 1 aromatic carbocycles. The van der Waals surface area contributed by atoms with E-state index in [-0.39, 0.29) is 47.6 Å². The Morgan fingerprint density at radius 2 is 1.58 bits per heavy atom. The minimum Gasteiger partial charge on any atom is -0.507 e. The lowest BCUT2D eigenvalue weighted by molar-refractivity contribution is -0.143. The first-order chi connectivity index (χ1) is 16.9. The molecule has 196 valence electrons. The normalized spacial score (nSPS) is 14.6. The van der Waals surface area contributed by atoms with E-state index in [9.17, 15) is 29.7 Å². The maximum atomic E-state index is 12.8. The van der Waals surface area contributed by atoms with Crippen LogP contribution < -0.4 is 0 Å². The third-order valence-electron chi connectivity index (χ3n) is 6.38. The fourth-order valence-electron chi connectivity index (χ4n) is 4.23. The van der Waals surface area contributed by atoms with Gasteiger partial charge in [0.1, 0.15) is 17.5 Å². The van der Waals surface area contributed by atoms with Crippen LogP contribution in [0.5, 0.6) is 11.5 Å². The Hall–Kier alpha value is -3.55. The third-order valence-corrected chi connectivity index (χ3v) is 6.38. The van der Waals surface area contributed by atoms with Gasteiger partial charge in [-0.05, 0) is 72.3 Å². The van der Waals surface area contributed by atoms with Gasteiger partial charge in [-0.2, -0.15) is 0 Å². The number of carboxylic acid groups (broad SMARTS) is 2. The van der Waals surface area contributed by atoms with Crippen LogP contribution in [0, 0.1) is 0 Å². The van der Waals surface area contributed by atoms with Crippen LogP contribution in [-0.2, 0) is 22.6 Å². The van der Waals surface area contributed by atoms with Gasteiger partial charge in [-0.3, -0.25) is 9.59 Å². The van der Waals surface area contributed by atoms with Crippen molar-refractivity contribution in [2.24, 2.45) is 0 Å². The quantitative estimate of drug-likeness (QED) is 0.269. The van der Waals surface area contributed by atoms with Crippen molar-refractivity contribution in [1.29, 1.82) is 0 Å². The summed E-state index contributed by atoms with van der Waals surface area (Å²) in [5.41, 5.74) is 4.30. The van der Waals surface area contributed by atoms with Crippen molar-refractivity contribution in [2.75, 3.05) is 0 Å². The van der Waals surface area contributed by atoms with E-state index < -0.39 is 30.3 Å². The molecule has 8 nitrogen and oxygen atoms in total. The largest absolute Gasteiger partial charge is 0.507 e. The van der Waals surface area contributed by atoms with Crippen molar-refractivity contribution in [3.63, 3.8) is 0 Å². The maximum absolute atomic E-state index is 12.8. The molecule has 1 aromatic rings. The minimum atomic E-state index is -1.34. The molecule has 0 saturated carbocycles. The summed E-state index contributed by atoms with van der Waals surface area (Å²) >= 11 is 0. The lowest BCUT2D eigenvalue weighted by Crippen LogP contribution is -2.41. The van der Waals surface area contributed by atoms with E-state index in [4.69, 9.17) is 5.11 Å². The Balaban J connectivity index is 2.10. The fraction of sp³-hybridized carbons (Fsp3) is 0.464. The van der Waals surface area contributed by atoms with E-state index in [1.165, 1.54) is 17.2 Å². The number of hydrogen-bond acceptors (Lipinski definition) is 5. The van der Waals surface area contributed by atoms with Crippen molar-refractivity contribution in [2.45, 2.75) is 85.2 Å². The summed E-state index contributed by atoms with van der Waals surface area (Å²) in [6.45, 7) is 8.13. The van der Waals surface area contributed by atoms with Gasteiger partial charge < -0.3 is 25.3 Å². The number of nitrogens with zero attached hydrogens (tertiary/aromatic N) is 1. The molecule has 0 aliphatic carbocycles. The second kappa shape index (κ2) is 13.0. The number of aliphatic carboxylic acids is 2. The summed E-state index contributed by atoms with van der Waals surface area (Å²) in [4.78, 5) is 36.4. The molecule has 1 aliphatic rings. The van der Waals surface area contributed by atoms with Crippen LogP contribution >= 0.6 is 0 Å². The molecule has 1 amide bonds. The second-order valence-corrected chi connectivity index (χ2v) is 9.63. The van der Waals surface area contributed by atoms with E-state index in [0.29, 0.717) is 0 Å². The first-order valence-corrected chi connectivity index (χ1v) is 12.2. The standard InChI is InChI=1S/C28H37NO7/c1-17(2)7-5-8-18(3)9-6-10-19(4)11-12-20-24(30)15-21-22(26(20)33)16-29(27(21)34)23(28(35)36)13-14-25(31)32/h7,9,11,15,23,30,33H,5-6,8,10,12-14,16H2,1-4H3,(H,31,32)(H,35,36). The molecule has 1 unspecified atom stereocenters. The van der Waals surface area contributed by atoms with Crippen LogP contribution in [0.1, 0.15) is 87.7 Å². The molecule has 0 bridgehead atoms. The predicted molar refractivity (Wildman–Crippen MR) is 137 cm³/mol. The van der Waals surface area contributed by atoms with Crippen molar-refractivity contribution >= 4 is 17.8 Å². The van der Waals surface area contributed by atoms with Crippen LogP contribution in [0.4, 0.5) is 0 Å². The van der Waals surface area contributed by atoms with Crippen molar-refractivity contribution in [3.8, 4) is 11.5 Å². The Labute approximate surface area is 212 Å². The fourth-order valence-corrected chi connectivity index (χ4v) is 4.23. The SMILES string of the molecule is CC(C)=CCCC(C)=CCCC(C)=CCc1c(O)cc2c(c1O)CN(C(CCC(=O)O)C(=O)O)C2=O. The molecule has 0 fully saturated rings. The summed E-state index contributed by atoms with van der Waals surface area (Å²) in [5, 5.41) is 39.7. The molecule has 4 N–H and O–H groups in total. The van der Waals surface area contributed by atoms with E-state index in [1.807, 2.05) is 13.0 Å². The van der Waals surface area contributed by atoms with Gasteiger partial charge in [0.15, 0.2) is 0 Å². The highest BCUT2D eigenvalue weighted by Crippen LogP contribution is 2.40. The van der Waals surface area contributed by atoms with Crippen molar-refractivity contribution < 1.29 is 34.8 Å². The highest BCUT2D eigenvalue weighted by molar-refractivity contribution is 6.02. The highest BCUT2D eigenvalue weighted by Gasteiger charge is 2.39. The zero-order chi connectivity index (χ0) is 27.0. The van der Waals surface area contributed by atoms with Crippen LogP contribution in [0.25, 0.3) is 0 Å². The molecule has 36 heavy (non-hydrogen) atoms. The van der Waals surface area contributed by atoms with Gasteiger partial charge >= 0.3 is 11.9 Å². The molecule has 1 atom stereocenters. The van der Waals surface area contributed by atoms with Gasteiger partial charge in [0, 0.05) is 17.5 Å². The topological polar surface area (TPSA) is 135 Å². The highest BCUT2D eigenvalue weighted by atomic mass is 16.4. The number of carbonyl (C=O) groups is 3. The summed E-state index contributed by atoms with van der Waals surface area (Å²) < 4.78 is 0. The van der Waals surface area contributed by atoms with Gasteiger partial charge in [-0.15, -0.1) is 0 Å². The average molecular weight is 500 g/mol. The minimum absolute atomic E-state index is 0.0322. The number of rotatable bonds is 13. The Morgan fingerprint density at radius 3 is 2.17 bits per heavy atom. The molecule has 1 aliphatic heterocycles. The van der Waals surface area contributed by atoms with E-state index >= 15 is 0 Å². The molecule has 0 spiro atoms. The van der Waals surface area contributed by atoms with Gasteiger partial charge in [0.25, 0.3) is 5.91 Å². The van der Waals surface area contributed by atoms with Gasteiger partial charge in [0.05, 0.1) is 12.1 Å². The van der Waals surface area contributed by atoms with Crippen LogP contribution in [0.15, 0.2) is 41.0 Å². The lowest BCUT2D eigenvalue weighted by atomic mass is 9.99. The predicted octanol–water partition coefficient (Wildman–Crippen LogP) is 5.33. The van der Waals surface area contributed by atoms with Crippen LogP contribution in [0.3, 0.4) is 0 Å². The summed E-state index contributed by atoms with van der Waals surface area (Å²) in [5.74, 6) is -3.61. The molecule has 1 heterocycles. The number of carboxylic acids is 2. The van der Waals surface area contributed by atoms with Crippen molar-refractivity contribution in [1.82, 2.24) is 4.90 Å². The summed E-state index contributed by atoms with van der Waals surface area (Å²) in [7, 11) is 0. The van der Waals surface area contributed by atoms with E-state index in [0.717, 1.165) is 36.2 Å². The smallest absolute Gasteiger partial charge is 0.326 e. The molecule has 0 aromatic heterocycles. The number of phenolic OH excluding ortho intramolecular Hbond substituents is 2. The number of fused-ring (bicyclic) bond motifs is 1. The monoisotopic (exact) mass is 499 g/mol. The number of benzene rings is 1. The zero-order valence-electron chi connectivity index (χ0n) is 21.5. The maximum Gasteiger partial charge on any atom is 0.326 e. The van der Waals surface area contributed by atoms with Crippen molar-refractivity contribution in [3.05, 3.63) is 57.7 Å². The van der Waals surface area contributed by atoms with E-state index in [2.05, 4.69) is 32.9 Å². The summed E-state index contributed by atoms with van der Waals surface area (Å²) in [6.07, 6.45) is 9.76. The molecular weight excluding hydrogens is 462 g/mol. The van der Waals surface area contributed by atoms with Gasteiger partial charge in [-0.1, -0.05) is 34.9 Å². The van der Waals surface area contributed by atoms with Gasteiger partial charge in [-0.25, -0.2) is 4.79 Å². The second-order valence-electron chi connectivity index (χ2n) is 9.63. The number of amides is 1. The number of carbonyl (C=O) groups excluding carboxylic acids is 1. The molecule has 0 saturated heterocycles. The van der Waals surface area contributed by atoms with Crippen LogP contribution in [0.2, 0.25) is 0 Å². The molecule has 2 rings (SSSR count). The number of allylic oxidation sites excluding steroid dienone is 6. The zero-order valence-corrected chi connectivity index (χ0v) is 21.5. The lowest BCUT2D eigenvalue weighted by Gasteiger charge is -2.23. The Morgan fingerprint density at radius 1 is 0.972 bits per heavy atom. The number of phenols is 2. The number of hydrogen-bond donors (Lipinski definition) is 4. The molecule has 0 radical (unpaired) electrons. The summed E-state index contributed by atoms with van der Waals surface area (Å²) in [6, 6.07) is -0.0865.